The minimum absolute atomic E-state index is 0.131. The Kier molecular flexibility index (Phi) is 14.3. The van der Waals surface area contributed by atoms with Gasteiger partial charge in [0.2, 0.25) is 0 Å². The average molecular weight is 412 g/mol. The van der Waals surface area contributed by atoms with Crippen LogP contribution in [0.5, 0.6) is 0 Å². The second-order valence-corrected chi connectivity index (χ2v) is 6.55. The highest BCUT2D eigenvalue weighted by Crippen LogP contribution is 2.15. The first kappa shape index (κ1) is 27.0. The fourth-order valence-electron chi connectivity index (χ4n) is 2.49. The van der Waals surface area contributed by atoms with E-state index in [4.69, 9.17) is 0 Å². The van der Waals surface area contributed by atoms with E-state index in [2.05, 4.69) is 33.8 Å². The number of benzene rings is 1. The molecule has 1 N–H and O–H groups in total. The molecule has 164 valence electrons. The predicted molar refractivity (Wildman–Crippen MR) is 130 cm³/mol. The van der Waals surface area contributed by atoms with E-state index in [-0.39, 0.29) is 11.6 Å². The first-order valence-corrected chi connectivity index (χ1v) is 10.2. The van der Waals surface area contributed by atoms with E-state index in [1.807, 2.05) is 71.3 Å². The van der Waals surface area contributed by atoms with Crippen LogP contribution in [0.15, 0.2) is 72.2 Å². The largest absolute Gasteiger partial charge is 0.363 e. The van der Waals surface area contributed by atoms with E-state index in [0.717, 1.165) is 6.54 Å². The number of hydrogen-bond donors (Lipinski definition) is 1. The van der Waals surface area contributed by atoms with Crippen LogP contribution in [0.3, 0.4) is 0 Å². The van der Waals surface area contributed by atoms with Crippen LogP contribution in [0.4, 0.5) is 5.82 Å². The molecule has 0 aliphatic carbocycles. The summed E-state index contributed by atoms with van der Waals surface area (Å²) < 4.78 is 1.34. The van der Waals surface area contributed by atoms with Crippen LogP contribution in [0.25, 0.3) is 10.9 Å². The Morgan fingerprint density at radius 2 is 1.63 bits per heavy atom. The maximum atomic E-state index is 12.0. The van der Waals surface area contributed by atoms with E-state index in [1.165, 1.54) is 4.68 Å². The molecule has 2 heterocycles. The second kappa shape index (κ2) is 15.9. The van der Waals surface area contributed by atoms with Crippen molar-refractivity contribution in [1.29, 1.82) is 0 Å². The Morgan fingerprint density at radius 1 is 1.13 bits per heavy atom. The Morgan fingerprint density at radius 3 is 2.10 bits per heavy atom. The number of fused-ring (bicyclic) bond motifs is 1. The monoisotopic (exact) mass is 411 g/mol. The minimum Gasteiger partial charge on any atom is -0.363 e. The van der Waals surface area contributed by atoms with Crippen molar-refractivity contribution in [2.45, 2.75) is 33.7 Å². The lowest BCUT2D eigenvalue weighted by Crippen LogP contribution is -2.31. The second-order valence-electron chi connectivity index (χ2n) is 6.55. The van der Waals surface area contributed by atoms with Crippen molar-refractivity contribution in [2.24, 2.45) is 7.05 Å². The van der Waals surface area contributed by atoms with Crippen LogP contribution >= 0.6 is 0 Å². The zero-order chi connectivity index (χ0) is 22.9. The summed E-state index contributed by atoms with van der Waals surface area (Å²) in [6.45, 7) is 12.2. The molecular weight excluding hydrogens is 374 g/mol. The highest BCUT2D eigenvalue weighted by molar-refractivity contribution is 5.86. The van der Waals surface area contributed by atoms with Crippen molar-refractivity contribution in [3.8, 4) is 0 Å². The van der Waals surface area contributed by atoms with Gasteiger partial charge in [-0.05, 0) is 40.1 Å². The van der Waals surface area contributed by atoms with Gasteiger partial charge in [-0.2, -0.15) is 5.10 Å². The first-order valence-electron chi connectivity index (χ1n) is 10.2. The minimum atomic E-state index is -0.131. The van der Waals surface area contributed by atoms with E-state index >= 15 is 0 Å². The molecule has 6 heteroatoms. The number of allylic oxidation sites excluding steroid dienone is 1. The number of pyridine rings is 1. The molecule has 1 aromatic carbocycles. The van der Waals surface area contributed by atoms with Gasteiger partial charge in [-0.1, -0.05) is 56.3 Å². The molecule has 1 unspecified atom stereocenters. The maximum absolute atomic E-state index is 12.0. The quantitative estimate of drug-likeness (QED) is 0.636. The molecule has 0 radical (unpaired) electrons. The molecule has 3 aromatic rings. The molecule has 0 bridgehead atoms. The Hall–Kier alpha value is -2.99. The summed E-state index contributed by atoms with van der Waals surface area (Å²) in [5, 5.41) is 8.15. The number of aryl methyl sites for hydroxylation is 1. The van der Waals surface area contributed by atoms with Crippen LogP contribution in [0.1, 0.15) is 27.7 Å². The fourth-order valence-corrected chi connectivity index (χ4v) is 2.49. The van der Waals surface area contributed by atoms with Crippen LogP contribution in [-0.2, 0) is 7.05 Å². The van der Waals surface area contributed by atoms with Gasteiger partial charge in [-0.3, -0.25) is 9.78 Å². The standard InChI is InChI=1S/C13H19N5O.C6H6.C3H6.C2H6/c1-9(8-17(2)3)15-12-11-10(6-5-7-14-11)13(19)18(4)16-12;1-2-4-6-5-3-1;1-3-2;1-2/h5-7,9H,8H2,1-4H3,(H,15,16);1-6H;3H,1H2,2H3;1-2H3. The number of likely N-dealkylation sites (N-methyl/N-ethyl adjacent to an activating group) is 1. The van der Waals surface area contributed by atoms with Gasteiger partial charge in [0.15, 0.2) is 5.82 Å². The summed E-state index contributed by atoms with van der Waals surface area (Å²) in [7, 11) is 5.68. The number of nitrogens with one attached hydrogen (secondary N) is 1. The summed E-state index contributed by atoms with van der Waals surface area (Å²) in [4.78, 5) is 18.3. The molecule has 30 heavy (non-hydrogen) atoms. The molecule has 0 spiro atoms. The molecule has 0 aliphatic rings. The zero-order valence-corrected chi connectivity index (χ0v) is 19.5. The summed E-state index contributed by atoms with van der Waals surface area (Å²) in [5.41, 5.74) is 0.491. The molecule has 2 aromatic heterocycles. The van der Waals surface area contributed by atoms with Gasteiger partial charge in [0, 0.05) is 25.8 Å². The number of nitrogens with zero attached hydrogens (tertiary/aromatic N) is 4. The molecule has 0 saturated carbocycles. The van der Waals surface area contributed by atoms with Gasteiger partial charge in [0.05, 0.1) is 5.39 Å². The summed E-state index contributed by atoms with van der Waals surface area (Å²) in [6.07, 6.45) is 3.42. The molecule has 6 nitrogen and oxygen atoms in total. The van der Waals surface area contributed by atoms with Crippen molar-refractivity contribution >= 4 is 16.7 Å². The maximum Gasteiger partial charge on any atom is 0.276 e. The third-order valence-electron chi connectivity index (χ3n) is 3.50. The topological polar surface area (TPSA) is 63.1 Å². The van der Waals surface area contributed by atoms with Crippen molar-refractivity contribution < 1.29 is 0 Å². The summed E-state index contributed by atoms with van der Waals surface area (Å²) in [5.74, 6) is 0.645. The average Bonchev–Trinajstić information content (AvgIpc) is 2.75. The van der Waals surface area contributed by atoms with Crippen molar-refractivity contribution in [1.82, 2.24) is 19.7 Å². The molecule has 0 aliphatic heterocycles. The third-order valence-corrected chi connectivity index (χ3v) is 3.50. The number of aromatic nitrogens is 3. The summed E-state index contributed by atoms with van der Waals surface area (Å²) in [6, 6.07) is 15.7. The van der Waals surface area contributed by atoms with Gasteiger partial charge < -0.3 is 10.2 Å². The smallest absolute Gasteiger partial charge is 0.276 e. The predicted octanol–water partition coefficient (Wildman–Crippen LogP) is 4.60. The van der Waals surface area contributed by atoms with Gasteiger partial charge >= 0.3 is 0 Å². The van der Waals surface area contributed by atoms with Crippen LogP contribution < -0.4 is 10.9 Å². The lowest BCUT2D eigenvalue weighted by Gasteiger charge is -2.19. The SMILES string of the molecule is C=CC.CC.CC(CN(C)C)Nc1nn(C)c(=O)c2cccnc12.c1ccccc1. The van der Waals surface area contributed by atoms with Gasteiger partial charge in [0.25, 0.3) is 5.56 Å². The highest BCUT2D eigenvalue weighted by Gasteiger charge is 2.12. The van der Waals surface area contributed by atoms with E-state index in [9.17, 15) is 4.79 Å². The molecule has 0 saturated heterocycles. The van der Waals surface area contributed by atoms with Gasteiger partial charge in [0.1, 0.15) is 5.52 Å². The molecular formula is C24H37N5O. The van der Waals surface area contributed by atoms with Gasteiger partial charge in [-0.15, -0.1) is 6.58 Å². The number of anilines is 1. The third kappa shape index (κ3) is 9.98. The molecule has 3 rings (SSSR count). The first-order chi connectivity index (χ1) is 14.4. The zero-order valence-electron chi connectivity index (χ0n) is 19.5. The van der Waals surface area contributed by atoms with Gasteiger partial charge in [-0.25, -0.2) is 4.68 Å². The molecule has 0 fully saturated rings. The lowest BCUT2D eigenvalue weighted by atomic mass is 10.2. The molecule has 0 amide bonds. The Bertz CT molecular complexity index is 864. The lowest BCUT2D eigenvalue weighted by molar-refractivity contribution is 0.391. The number of rotatable bonds is 4. The van der Waals surface area contributed by atoms with Crippen LogP contribution in [-0.4, -0.2) is 46.3 Å². The van der Waals surface area contributed by atoms with Crippen LogP contribution in [0, 0.1) is 0 Å². The Labute approximate surface area is 181 Å². The normalized spacial score (nSPS) is 10.4. The van der Waals surface area contributed by atoms with Crippen molar-refractivity contribution in [3.63, 3.8) is 0 Å². The van der Waals surface area contributed by atoms with E-state index < -0.39 is 0 Å². The van der Waals surface area contributed by atoms with Crippen molar-refractivity contribution in [2.75, 3.05) is 26.0 Å². The van der Waals surface area contributed by atoms with Crippen molar-refractivity contribution in [3.05, 3.63) is 77.7 Å². The summed E-state index contributed by atoms with van der Waals surface area (Å²) >= 11 is 0. The van der Waals surface area contributed by atoms with Crippen LogP contribution in [0.2, 0.25) is 0 Å². The highest BCUT2D eigenvalue weighted by atomic mass is 16.1. The molecule has 1 atom stereocenters. The fraction of sp³-hybridized carbons (Fsp3) is 0.375. The van der Waals surface area contributed by atoms with E-state index in [0.29, 0.717) is 16.7 Å². The van der Waals surface area contributed by atoms with E-state index in [1.54, 1.807) is 31.5 Å². The Balaban J connectivity index is 0.000000632. The number of hydrogen-bond acceptors (Lipinski definition) is 5.